The predicted octanol–water partition coefficient (Wildman–Crippen LogP) is 4.83. The molecule has 1 aromatic heterocycles. The number of rotatable bonds is 5. The first-order chi connectivity index (χ1) is 10.6. The van der Waals surface area contributed by atoms with Crippen LogP contribution in [0.25, 0.3) is 0 Å². The molecule has 22 heavy (non-hydrogen) atoms. The van der Waals surface area contributed by atoms with E-state index >= 15 is 0 Å². The van der Waals surface area contributed by atoms with Crippen LogP contribution in [0.5, 0.6) is 0 Å². The Morgan fingerprint density at radius 3 is 2.36 bits per heavy atom. The minimum atomic E-state index is 0.693. The Bertz CT molecular complexity index is 701. The monoisotopic (exact) mass is 311 g/mol. The predicted molar refractivity (Wildman–Crippen MR) is 95.8 cm³/mol. The van der Waals surface area contributed by atoms with Crippen molar-refractivity contribution in [2.75, 3.05) is 18.0 Å². The van der Waals surface area contributed by atoms with Crippen molar-refractivity contribution in [1.29, 1.82) is 5.26 Å². The molecule has 3 nitrogen and oxygen atoms in total. The molecule has 114 valence electrons. The second-order valence-electron chi connectivity index (χ2n) is 5.10. The van der Waals surface area contributed by atoms with Crippen molar-refractivity contribution >= 4 is 28.2 Å². The van der Waals surface area contributed by atoms with Gasteiger partial charge >= 0.3 is 0 Å². The fourth-order valence-electron chi connectivity index (χ4n) is 2.32. The minimum Gasteiger partial charge on any atom is -0.372 e. The molecule has 0 saturated heterocycles. The van der Waals surface area contributed by atoms with Gasteiger partial charge in [-0.3, -0.25) is 0 Å². The van der Waals surface area contributed by atoms with Gasteiger partial charge < -0.3 is 4.90 Å². The number of hydrogen-bond donors (Lipinski definition) is 0. The Balaban J connectivity index is 2.21. The molecule has 0 saturated carbocycles. The van der Waals surface area contributed by atoms with Gasteiger partial charge in [0.05, 0.1) is 5.56 Å². The van der Waals surface area contributed by atoms with Gasteiger partial charge in [-0.05, 0) is 51.0 Å². The molecule has 0 aliphatic heterocycles. The maximum Gasteiger partial charge on any atom is 0.134 e. The highest BCUT2D eigenvalue weighted by Gasteiger charge is 2.10. The molecule has 0 bridgehead atoms. The van der Waals surface area contributed by atoms with E-state index in [1.54, 1.807) is 11.3 Å². The van der Waals surface area contributed by atoms with Gasteiger partial charge in [0.2, 0.25) is 0 Å². The molecule has 0 aliphatic carbocycles. The third kappa shape index (κ3) is 3.37. The summed E-state index contributed by atoms with van der Waals surface area (Å²) in [5.41, 5.74) is 4.00. The molecule has 0 atom stereocenters. The highest BCUT2D eigenvalue weighted by Crippen LogP contribution is 2.33. The molecule has 0 N–H and O–H groups in total. The van der Waals surface area contributed by atoms with E-state index in [-0.39, 0.29) is 0 Å². The second kappa shape index (κ2) is 7.24. The molecule has 1 heterocycles. The van der Waals surface area contributed by atoms with Crippen LogP contribution in [0.4, 0.5) is 10.7 Å². The first-order valence-corrected chi connectivity index (χ1v) is 8.31. The highest BCUT2D eigenvalue weighted by atomic mass is 32.1. The molecular weight excluding hydrogens is 290 g/mol. The lowest BCUT2D eigenvalue weighted by Crippen LogP contribution is -2.21. The zero-order chi connectivity index (χ0) is 16.1. The third-order valence-electron chi connectivity index (χ3n) is 3.83. The Morgan fingerprint density at radius 2 is 1.82 bits per heavy atom. The Morgan fingerprint density at radius 1 is 1.18 bits per heavy atom. The van der Waals surface area contributed by atoms with Crippen LogP contribution in [-0.4, -0.2) is 19.3 Å². The fraction of sp³-hybridized carbons (Fsp3) is 0.333. The summed E-state index contributed by atoms with van der Waals surface area (Å²) in [7, 11) is 0. The lowest BCUT2D eigenvalue weighted by molar-refractivity contribution is 0.866. The van der Waals surface area contributed by atoms with Gasteiger partial charge in [-0.25, -0.2) is 4.99 Å². The molecular formula is C18H21N3S. The van der Waals surface area contributed by atoms with E-state index < -0.39 is 0 Å². The lowest BCUT2D eigenvalue weighted by Gasteiger charge is -2.20. The molecule has 0 amide bonds. The summed E-state index contributed by atoms with van der Waals surface area (Å²) in [6.45, 7) is 10.3. The zero-order valence-corrected chi connectivity index (χ0v) is 14.4. The molecule has 1 aromatic carbocycles. The first kappa shape index (κ1) is 16.3. The maximum atomic E-state index is 9.24. The first-order valence-electron chi connectivity index (χ1n) is 7.49. The summed E-state index contributed by atoms with van der Waals surface area (Å²) >= 11 is 1.57. The Labute approximate surface area is 136 Å². The molecule has 2 rings (SSSR count). The van der Waals surface area contributed by atoms with Crippen LogP contribution in [0, 0.1) is 25.2 Å². The Hall–Kier alpha value is -2.12. The van der Waals surface area contributed by atoms with Crippen molar-refractivity contribution in [2.24, 2.45) is 4.99 Å². The van der Waals surface area contributed by atoms with Gasteiger partial charge in [0.1, 0.15) is 11.1 Å². The van der Waals surface area contributed by atoms with Crippen LogP contribution in [0.3, 0.4) is 0 Å². The smallest absolute Gasteiger partial charge is 0.134 e. The van der Waals surface area contributed by atoms with E-state index in [1.807, 2.05) is 20.1 Å². The van der Waals surface area contributed by atoms with Crippen LogP contribution < -0.4 is 4.90 Å². The van der Waals surface area contributed by atoms with Crippen LogP contribution in [-0.2, 0) is 0 Å². The van der Waals surface area contributed by atoms with E-state index in [2.05, 4.69) is 54.1 Å². The van der Waals surface area contributed by atoms with Crippen molar-refractivity contribution in [3.8, 4) is 6.07 Å². The largest absolute Gasteiger partial charge is 0.372 e. The van der Waals surface area contributed by atoms with Crippen LogP contribution in [0.2, 0.25) is 0 Å². The average molecular weight is 311 g/mol. The SMILES string of the molecule is CCN(CC)c1ccc(/C=N/c2sc(C)c(C)c2C#N)cc1. The third-order valence-corrected chi connectivity index (χ3v) is 4.95. The molecule has 4 heteroatoms. The number of nitriles is 1. The number of aryl methyl sites for hydroxylation is 1. The summed E-state index contributed by atoms with van der Waals surface area (Å²) in [4.78, 5) is 7.96. The van der Waals surface area contributed by atoms with Gasteiger partial charge in [-0.15, -0.1) is 11.3 Å². The molecule has 2 aromatic rings. The van der Waals surface area contributed by atoms with E-state index in [9.17, 15) is 5.26 Å². The second-order valence-corrected chi connectivity index (χ2v) is 6.30. The van der Waals surface area contributed by atoms with Crippen LogP contribution in [0.15, 0.2) is 29.3 Å². The van der Waals surface area contributed by atoms with Gasteiger partial charge in [0.25, 0.3) is 0 Å². The molecule has 0 unspecified atom stereocenters. The molecule has 0 fully saturated rings. The summed E-state index contributed by atoms with van der Waals surface area (Å²) in [6.07, 6.45) is 1.83. The summed E-state index contributed by atoms with van der Waals surface area (Å²) < 4.78 is 0. The number of nitrogens with zero attached hydrogens (tertiary/aromatic N) is 3. The van der Waals surface area contributed by atoms with Crippen molar-refractivity contribution < 1.29 is 0 Å². The topological polar surface area (TPSA) is 39.4 Å². The molecule has 0 spiro atoms. The van der Waals surface area contributed by atoms with Crippen molar-refractivity contribution in [1.82, 2.24) is 0 Å². The number of hydrogen-bond acceptors (Lipinski definition) is 4. The number of benzene rings is 1. The van der Waals surface area contributed by atoms with Crippen LogP contribution >= 0.6 is 11.3 Å². The zero-order valence-electron chi connectivity index (χ0n) is 13.6. The van der Waals surface area contributed by atoms with E-state index in [0.29, 0.717) is 5.56 Å². The van der Waals surface area contributed by atoms with Crippen molar-refractivity contribution in [3.05, 3.63) is 45.8 Å². The highest BCUT2D eigenvalue weighted by molar-refractivity contribution is 7.16. The van der Waals surface area contributed by atoms with Gasteiger partial charge in [0, 0.05) is 29.9 Å². The summed E-state index contributed by atoms with van der Waals surface area (Å²) in [5, 5.41) is 10.0. The summed E-state index contributed by atoms with van der Waals surface area (Å²) in [5.74, 6) is 0. The van der Waals surface area contributed by atoms with Crippen molar-refractivity contribution in [2.45, 2.75) is 27.7 Å². The van der Waals surface area contributed by atoms with Gasteiger partial charge in [-0.1, -0.05) is 12.1 Å². The normalized spacial score (nSPS) is 10.9. The van der Waals surface area contributed by atoms with Crippen LogP contribution in [0.1, 0.15) is 35.4 Å². The average Bonchev–Trinajstić information content (AvgIpc) is 2.82. The quantitative estimate of drug-likeness (QED) is 0.742. The minimum absolute atomic E-state index is 0.693. The molecule has 0 radical (unpaired) electrons. The van der Waals surface area contributed by atoms with E-state index in [4.69, 9.17) is 0 Å². The maximum absolute atomic E-state index is 9.24. The Kier molecular flexibility index (Phi) is 5.35. The molecule has 0 aliphatic rings. The van der Waals surface area contributed by atoms with Crippen molar-refractivity contribution in [3.63, 3.8) is 0 Å². The fourth-order valence-corrected chi connectivity index (χ4v) is 3.28. The van der Waals surface area contributed by atoms with E-state index in [0.717, 1.165) is 34.1 Å². The van der Waals surface area contributed by atoms with E-state index in [1.165, 1.54) is 5.69 Å². The number of thiophene rings is 1. The number of aliphatic imine (C=N–C) groups is 1. The van der Waals surface area contributed by atoms with Gasteiger partial charge in [0.15, 0.2) is 0 Å². The standard InChI is InChI=1S/C18H21N3S/c1-5-21(6-2)16-9-7-15(8-10-16)12-20-18-17(11-19)13(3)14(4)22-18/h7-10,12H,5-6H2,1-4H3/b20-12+. The number of anilines is 1. The van der Waals surface area contributed by atoms with Gasteiger partial charge in [-0.2, -0.15) is 5.26 Å². The lowest BCUT2D eigenvalue weighted by atomic mass is 10.2. The summed E-state index contributed by atoms with van der Waals surface area (Å²) in [6, 6.07) is 10.6.